The molecule has 0 aliphatic heterocycles. The predicted octanol–water partition coefficient (Wildman–Crippen LogP) is 7.89. The third kappa shape index (κ3) is 6.64. The molecule has 0 N–H and O–H groups in total. The average molecular weight is 502 g/mol. The highest BCUT2D eigenvalue weighted by Crippen LogP contribution is 2.31. The highest BCUT2D eigenvalue weighted by molar-refractivity contribution is 6.30. The molecule has 186 valence electrons. The summed E-state index contributed by atoms with van der Waals surface area (Å²) in [5.74, 6) is 1.12. The fourth-order valence-electron chi connectivity index (χ4n) is 4.42. The Kier molecular flexibility index (Phi) is 8.61. The molecule has 0 radical (unpaired) electrons. The van der Waals surface area contributed by atoms with Crippen LogP contribution in [0, 0.1) is 12.8 Å². The van der Waals surface area contributed by atoms with Crippen LogP contribution in [-0.4, -0.2) is 17.7 Å². The van der Waals surface area contributed by atoms with Gasteiger partial charge in [-0.3, -0.25) is 4.79 Å². The second-order valence-corrected chi connectivity index (χ2v) is 9.75. The van der Waals surface area contributed by atoms with E-state index in [1.165, 1.54) is 11.1 Å². The van der Waals surface area contributed by atoms with Gasteiger partial charge in [0.25, 0.3) is 0 Å². The van der Waals surface area contributed by atoms with Gasteiger partial charge >= 0.3 is 5.97 Å². The standard InChI is InChI=1S/C31H32ClNO3/c1-4-35-30(34)20-24-10-12-25(13-11-24)26-14-16-27(17-15-26)31-29(22(3)33-36-31)18-21(2)8-9-23-6-5-7-28(32)19-23/h5-7,10-17,19,21H,4,8-9,18,20H2,1-3H3. The van der Waals surface area contributed by atoms with Crippen LogP contribution < -0.4 is 0 Å². The van der Waals surface area contributed by atoms with Crippen LogP contribution >= 0.6 is 11.6 Å². The van der Waals surface area contributed by atoms with E-state index in [1.807, 2.05) is 56.3 Å². The normalized spacial score (nSPS) is 11.9. The van der Waals surface area contributed by atoms with Gasteiger partial charge in [0.2, 0.25) is 0 Å². The lowest BCUT2D eigenvalue weighted by molar-refractivity contribution is -0.142. The van der Waals surface area contributed by atoms with Crippen molar-refractivity contribution in [2.75, 3.05) is 6.61 Å². The zero-order chi connectivity index (χ0) is 25.5. The molecule has 0 bridgehead atoms. The Bertz CT molecular complexity index is 1290. The van der Waals surface area contributed by atoms with E-state index in [0.717, 1.165) is 58.0 Å². The summed E-state index contributed by atoms with van der Waals surface area (Å²) in [4.78, 5) is 11.7. The number of carbonyl (C=O) groups excluding carboxylic acids is 1. The van der Waals surface area contributed by atoms with Crippen molar-refractivity contribution < 1.29 is 14.1 Å². The monoisotopic (exact) mass is 501 g/mol. The quantitative estimate of drug-likeness (QED) is 0.207. The molecule has 4 rings (SSSR count). The summed E-state index contributed by atoms with van der Waals surface area (Å²) in [5.41, 5.74) is 7.55. The van der Waals surface area contributed by atoms with Crippen molar-refractivity contribution in [1.82, 2.24) is 5.16 Å². The first kappa shape index (κ1) is 25.7. The maximum atomic E-state index is 11.7. The SMILES string of the molecule is CCOC(=O)Cc1ccc(-c2ccc(-c3onc(C)c3CC(C)CCc3cccc(Cl)c3)cc2)cc1. The Balaban J connectivity index is 1.42. The van der Waals surface area contributed by atoms with Gasteiger partial charge in [-0.2, -0.15) is 0 Å². The summed E-state index contributed by atoms with van der Waals surface area (Å²) in [5, 5.41) is 5.06. The summed E-state index contributed by atoms with van der Waals surface area (Å²) < 4.78 is 10.8. The van der Waals surface area contributed by atoms with Gasteiger partial charge in [-0.25, -0.2) is 0 Å². The molecule has 1 unspecified atom stereocenters. The Morgan fingerprint density at radius 1 is 0.972 bits per heavy atom. The molecule has 4 aromatic rings. The number of hydrogen-bond donors (Lipinski definition) is 0. The largest absolute Gasteiger partial charge is 0.466 e. The molecule has 1 aromatic heterocycles. The van der Waals surface area contributed by atoms with Crippen LogP contribution in [0.15, 0.2) is 77.3 Å². The number of hydrogen-bond acceptors (Lipinski definition) is 4. The van der Waals surface area contributed by atoms with E-state index >= 15 is 0 Å². The van der Waals surface area contributed by atoms with Gasteiger partial charge in [0.15, 0.2) is 5.76 Å². The maximum absolute atomic E-state index is 11.7. The molecule has 0 saturated carbocycles. The molecule has 0 aliphatic carbocycles. The lowest BCUT2D eigenvalue weighted by Crippen LogP contribution is -2.07. The summed E-state index contributed by atoms with van der Waals surface area (Å²) in [6, 6.07) is 24.5. The average Bonchev–Trinajstić information content (AvgIpc) is 3.23. The molecule has 4 nitrogen and oxygen atoms in total. The molecular formula is C31H32ClNO3. The van der Waals surface area contributed by atoms with Crippen LogP contribution in [0.25, 0.3) is 22.5 Å². The molecule has 0 fully saturated rings. The van der Waals surface area contributed by atoms with Gasteiger partial charge in [0.1, 0.15) is 0 Å². The highest BCUT2D eigenvalue weighted by Gasteiger charge is 2.18. The minimum Gasteiger partial charge on any atom is -0.466 e. The fourth-order valence-corrected chi connectivity index (χ4v) is 4.63. The highest BCUT2D eigenvalue weighted by atomic mass is 35.5. The minimum atomic E-state index is -0.202. The molecule has 1 heterocycles. The maximum Gasteiger partial charge on any atom is 0.310 e. The van der Waals surface area contributed by atoms with Crippen LogP contribution in [0.5, 0.6) is 0 Å². The van der Waals surface area contributed by atoms with Gasteiger partial charge in [-0.05, 0) is 73.4 Å². The van der Waals surface area contributed by atoms with Crippen molar-refractivity contribution >= 4 is 17.6 Å². The molecule has 0 amide bonds. The zero-order valence-electron chi connectivity index (χ0n) is 21.1. The number of esters is 1. The van der Waals surface area contributed by atoms with Crippen molar-refractivity contribution in [1.29, 1.82) is 0 Å². The molecule has 36 heavy (non-hydrogen) atoms. The number of aromatic nitrogens is 1. The number of benzene rings is 3. The second-order valence-electron chi connectivity index (χ2n) is 9.31. The lowest BCUT2D eigenvalue weighted by Gasteiger charge is -2.12. The zero-order valence-corrected chi connectivity index (χ0v) is 21.8. The number of ether oxygens (including phenoxy) is 1. The van der Waals surface area contributed by atoms with Crippen molar-refractivity contribution in [3.8, 4) is 22.5 Å². The third-order valence-electron chi connectivity index (χ3n) is 6.44. The molecule has 0 spiro atoms. The first-order valence-corrected chi connectivity index (χ1v) is 12.9. The second kappa shape index (κ2) is 12.0. The molecule has 0 saturated heterocycles. The van der Waals surface area contributed by atoms with E-state index in [9.17, 15) is 4.79 Å². The Morgan fingerprint density at radius 2 is 1.64 bits per heavy atom. The number of carbonyl (C=O) groups is 1. The number of halogens is 1. The van der Waals surface area contributed by atoms with E-state index in [4.69, 9.17) is 20.9 Å². The van der Waals surface area contributed by atoms with Crippen molar-refractivity contribution in [2.45, 2.75) is 46.5 Å². The molecule has 1 atom stereocenters. The first-order chi connectivity index (χ1) is 17.4. The summed E-state index contributed by atoms with van der Waals surface area (Å²) in [6.45, 7) is 6.50. The van der Waals surface area contributed by atoms with Crippen molar-refractivity contribution in [2.24, 2.45) is 5.92 Å². The number of aryl methyl sites for hydroxylation is 2. The van der Waals surface area contributed by atoms with Crippen LogP contribution in [0.2, 0.25) is 5.02 Å². The smallest absolute Gasteiger partial charge is 0.310 e. The molecule has 0 aliphatic rings. The van der Waals surface area contributed by atoms with Gasteiger partial charge < -0.3 is 9.26 Å². The van der Waals surface area contributed by atoms with Gasteiger partial charge in [0.05, 0.1) is 18.7 Å². The van der Waals surface area contributed by atoms with Crippen LogP contribution in [0.1, 0.15) is 42.7 Å². The van der Waals surface area contributed by atoms with Crippen LogP contribution in [-0.2, 0) is 28.8 Å². The topological polar surface area (TPSA) is 52.3 Å². The predicted molar refractivity (Wildman–Crippen MR) is 145 cm³/mol. The Labute approximate surface area is 218 Å². The third-order valence-corrected chi connectivity index (χ3v) is 6.68. The Hall–Kier alpha value is -3.37. The van der Waals surface area contributed by atoms with Gasteiger partial charge in [-0.15, -0.1) is 0 Å². The minimum absolute atomic E-state index is 0.202. The van der Waals surface area contributed by atoms with E-state index in [-0.39, 0.29) is 12.4 Å². The summed E-state index contributed by atoms with van der Waals surface area (Å²) in [6.07, 6.45) is 3.26. The Morgan fingerprint density at radius 3 is 2.31 bits per heavy atom. The number of rotatable bonds is 10. The number of nitrogens with zero attached hydrogens (tertiary/aromatic N) is 1. The molecule has 3 aromatic carbocycles. The van der Waals surface area contributed by atoms with Crippen LogP contribution in [0.3, 0.4) is 0 Å². The van der Waals surface area contributed by atoms with E-state index in [2.05, 4.69) is 42.4 Å². The molecule has 5 heteroatoms. The van der Waals surface area contributed by atoms with E-state index in [1.54, 1.807) is 0 Å². The lowest BCUT2D eigenvalue weighted by atomic mass is 9.92. The van der Waals surface area contributed by atoms with E-state index in [0.29, 0.717) is 12.5 Å². The summed E-state index contributed by atoms with van der Waals surface area (Å²) in [7, 11) is 0. The van der Waals surface area contributed by atoms with Gasteiger partial charge in [-0.1, -0.05) is 84.3 Å². The first-order valence-electron chi connectivity index (χ1n) is 12.5. The van der Waals surface area contributed by atoms with Crippen molar-refractivity contribution in [3.63, 3.8) is 0 Å². The molecular weight excluding hydrogens is 470 g/mol. The van der Waals surface area contributed by atoms with Gasteiger partial charge in [0, 0.05) is 16.1 Å². The van der Waals surface area contributed by atoms with Crippen LogP contribution in [0.4, 0.5) is 0 Å². The van der Waals surface area contributed by atoms with E-state index < -0.39 is 0 Å². The van der Waals surface area contributed by atoms with Crippen molar-refractivity contribution in [3.05, 3.63) is 100 Å². The fraction of sp³-hybridized carbons (Fsp3) is 0.290. The summed E-state index contributed by atoms with van der Waals surface area (Å²) >= 11 is 6.13.